The Morgan fingerprint density at radius 1 is 0.825 bits per heavy atom. The molecule has 0 aromatic heterocycles. The number of amides is 1. The molecule has 1 fully saturated rings. The van der Waals surface area contributed by atoms with Gasteiger partial charge in [0.15, 0.2) is 11.6 Å². The average Bonchev–Trinajstić information content (AvgIpc) is 3.45. The van der Waals surface area contributed by atoms with Gasteiger partial charge in [-0.25, -0.2) is 4.39 Å². The summed E-state index contributed by atoms with van der Waals surface area (Å²) in [6, 6.07) is 25.7. The van der Waals surface area contributed by atoms with Gasteiger partial charge in [0.25, 0.3) is 0 Å². The van der Waals surface area contributed by atoms with E-state index in [-0.39, 0.29) is 17.1 Å². The van der Waals surface area contributed by atoms with Crippen molar-refractivity contribution in [3.8, 4) is 0 Å². The molecule has 1 N–H and O–H groups in total. The number of anilines is 2. The highest BCUT2D eigenvalue weighted by molar-refractivity contribution is 9.10. The minimum Gasteiger partial charge on any atom is -0.352 e. The SMILES string of the molecule is O=C(c1ccc(Br)cc1)[C@@H]1N2c3ccccc3C=C[C@H]2[C@H](C(=O)c2ccc(F)cc2)[C@]12C(=O)Nc1ccccc12. The van der Waals surface area contributed by atoms with Crippen molar-refractivity contribution in [2.24, 2.45) is 5.92 Å². The number of hydrogen-bond acceptors (Lipinski definition) is 4. The fraction of sp³-hybridized carbons (Fsp3) is 0.121. The van der Waals surface area contributed by atoms with Crippen molar-refractivity contribution in [2.45, 2.75) is 17.5 Å². The van der Waals surface area contributed by atoms with Crippen LogP contribution in [-0.2, 0) is 10.2 Å². The number of carbonyl (C=O) groups excluding carboxylic acids is 3. The van der Waals surface area contributed by atoms with Crippen LogP contribution in [0.3, 0.4) is 0 Å². The van der Waals surface area contributed by atoms with Crippen LogP contribution in [0.5, 0.6) is 0 Å². The van der Waals surface area contributed by atoms with E-state index < -0.39 is 35.1 Å². The third-order valence-electron chi connectivity index (χ3n) is 8.34. The van der Waals surface area contributed by atoms with Crippen LogP contribution < -0.4 is 10.2 Å². The Hall–Kier alpha value is -4.36. The van der Waals surface area contributed by atoms with E-state index in [9.17, 15) is 18.8 Å². The van der Waals surface area contributed by atoms with Gasteiger partial charge < -0.3 is 10.2 Å². The minimum atomic E-state index is -1.54. The van der Waals surface area contributed by atoms with Crippen LogP contribution in [0.1, 0.15) is 31.8 Å². The number of rotatable bonds is 4. The first-order chi connectivity index (χ1) is 19.4. The summed E-state index contributed by atoms with van der Waals surface area (Å²) in [5.74, 6) is -2.40. The zero-order valence-corrected chi connectivity index (χ0v) is 22.6. The van der Waals surface area contributed by atoms with Crippen LogP contribution in [0, 0.1) is 11.7 Å². The number of para-hydroxylation sites is 2. The van der Waals surface area contributed by atoms with Crippen LogP contribution in [0.4, 0.5) is 15.8 Å². The quantitative estimate of drug-likeness (QED) is 0.277. The summed E-state index contributed by atoms with van der Waals surface area (Å²) in [6.45, 7) is 0. The Morgan fingerprint density at radius 2 is 1.48 bits per heavy atom. The molecule has 0 radical (unpaired) electrons. The standard InChI is InChI=1S/C33H22BrFN2O3/c34-22-14-9-21(10-15-22)30(39)31-33(24-6-2-3-7-25(24)36-32(33)40)28(29(38)20-11-16-23(35)17-12-20)27-18-13-19-5-1-4-8-26(19)37(27)31/h1-18,27-28,31H,(H,36,40)/t27-,28+,31-,33-/m0/s1. The van der Waals surface area contributed by atoms with Gasteiger partial charge in [-0.2, -0.15) is 0 Å². The van der Waals surface area contributed by atoms with Gasteiger partial charge in [-0.3, -0.25) is 14.4 Å². The van der Waals surface area contributed by atoms with Gasteiger partial charge in [0.1, 0.15) is 17.3 Å². The highest BCUT2D eigenvalue weighted by Crippen LogP contribution is 2.58. The molecular weight excluding hydrogens is 571 g/mol. The molecule has 5 nitrogen and oxygen atoms in total. The number of hydrogen-bond donors (Lipinski definition) is 1. The molecule has 0 aliphatic carbocycles. The summed E-state index contributed by atoms with van der Waals surface area (Å²) in [7, 11) is 0. The lowest BCUT2D eigenvalue weighted by atomic mass is 9.63. The first kappa shape index (κ1) is 24.7. The highest BCUT2D eigenvalue weighted by atomic mass is 79.9. The number of nitrogens with zero attached hydrogens (tertiary/aromatic N) is 1. The molecular formula is C33H22BrFN2O3. The smallest absolute Gasteiger partial charge is 0.238 e. The van der Waals surface area contributed by atoms with Crippen molar-refractivity contribution in [2.75, 3.05) is 10.2 Å². The predicted molar refractivity (Wildman–Crippen MR) is 155 cm³/mol. The molecule has 3 aliphatic heterocycles. The van der Waals surface area contributed by atoms with Crippen LogP contribution in [-0.4, -0.2) is 29.6 Å². The van der Waals surface area contributed by atoms with Crippen molar-refractivity contribution in [3.63, 3.8) is 0 Å². The number of halogens is 2. The second-order valence-electron chi connectivity index (χ2n) is 10.3. The topological polar surface area (TPSA) is 66.5 Å². The molecule has 40 heavy (non-hydrogen) atoms. The maximum Gasteiger partial charge on any atom is 0.238 e. The minimum absolute atomic E-state index is 0.260. The number of ketones is 2. The van der Waals surface area contributed by atoms with E-state index >= 15 is 0 Å². The molecule has 4 aromatic rings. The largest absolute Gasteiger partial charge is 0.352 e. The molecule has 4 aromatic carbocycles. The molecule has 3 heterocycles. The lowest BCUT2D eigenvalue weighted by molar-refractivity contribution is -0.121. The molecule has 0 unspecified atom stereocenters. The van der Waals surface area contributed by atoms with Gasteiger partial charge in [0, 0.05) is 27.0 Å². The van der Waals surface area contributed by atoms with Crippen LogP contribution in [0.2, 0.25) is 0 Å². The maximum absolute atomic E-state index is 14.7. The Balaban J connectivity index is 1.53. The second-order valence-corrected chi connectivity index (χ2v) is 11.2. The van der Waals surface area contributed by atoms with Gasteiger partial charge >= 0.3 is 0 Å². The summed E-state index contributed by atoms with van der Waals surface area (Å²) >= 11 is 3.44. The summed E-state index contributed by atoms with van der Waals surface area (Å²) in [5, 5.41) is 2.99. The number of nitrogens with one attached hydrogen (secondary N) is 1. The van der Waals surface area contributed by atoms with Gasteiger partial charge in [0.2, 0.25) is 5.91 Å². The van der Waals surface area contributed by atoms with Crippen molar-refractivity contribution >= 4 is 50.9 Å². The summed E-state index contributed by atoms with van der Waals surface area (Å²) in [5.41, 5.74) is 2.03. The molecule has 0 bridgehead atoms. The molecule has 1 saturated heterocycles. The molecule has 4 atom stereocenters. The zero-order valence-electron chi connectivity index (χ0n) is 21.1. The summed E-state index contributed by atoms with van der Waals surface area (Å²) in [6.07, 6.45) is 3.86. The maximum atomic E-state index is 14.7. The lowest BCUT2D eigenvalue weighted by Crippen LogP contribution is -2.55. The Morgan fingerprint density at radius 3 is 2.25 bits per heavy atom. The molecule has 3 aliphatic rings. The monoisotopic (exact) mass is 592 g/mol. The number of carbonyl (C=O) groups is 3. The Labute approximate surface area is 238 Å². The zero-order chi connectivity index (χ0) is 27.6. The van der Waals surface area contributed by atoms with E-state index in [4.69, 9.17) is 0 Å². The number of fused-ring (bicyclic) bond motifs is 5. The first-order valence-electron chi connectivity index (χ1n) is 13.0. The van der Waals surface area contributed by atoms with Crippen molar-refractivity contribution in [1.82, 2.24) is 0 Å². The predicted octanol–water partition coefficient (Wildman–Crippen LogP) is 6.44. The van der Waals surface area contributed by atoms with E-state index in [1.54, 1.807) is 30.3 Å². The Kier molecular flexibility index (Phi) is 5.61. The second kappa shape index (κ2) is 9.10. The third kappa shape index (κ3) is 3.40. The number of Topliss-reactive ketones (excluding diaryl/α,β-unsaturated/α-hetero) is 2. The van der Waals surface area contributed by atoms with Crippen LogP contribution >= 0.6 is 15.9 Å². The van der Waals surface area contributed by atoms with Crippen molar-refractivity contribution in [3.05, 3.63) is 136 Å². The van der Waals surface area contributed by atoms with Gasteiger partial charge in [-0.05, 0) is 59.7 Å². The normalized spacial score (nSPS) is 23.9. The molecule has 1 amide bonds. The van der Waals surface area contributed by atoms with E-state index in [1.165, 1.54) is 24.3 Å². The average molecular weight is 593 g/mol. The van der Waals surface area contributed by atoms with Crippen molar-refractivity contribution in [1.29, 1.82) is 0 Å². The molecule has 0 saturated carbocycles. The highest BCUT2D eigenvalue weighted by Gasteiger charge is 2.70. The molecule has 7 heteroatoms. The lowest BCUT2D eigenvalue weighted by Gasteiger charge is -2.37. The fourth-order valence-corrected chi connectivity index (χ4v) is 6.97. The van der Waals surface area contributed by atoms with E-state index in [1.807, 2.05) is 59.5 Å². The fourth-order valence-electron chi connectivity index (χ4n) is 6.70. The van der Waals surface area contributed by atoms with Crippen LogP contribution in [0.25, 0.3) is 6.08 Å². The van der Waals surface area contributed by atoms with E-state index in [0.29, 0.717) is 16.8 Å². The van der Waals surface area contributed by atoms with Gasteiger partial charge in [-0.1, -0.05) is 76.6 Å². The summed E-state index contributed by atoms with van der Waals surface area (Å²) in [4.78, 5) is 45.5. The van der Waals surface area contributed by atoms with Crippen molar-refractivity contribution < 1.29 is 18.8 Å². The molecule has 1 spiro atoms. The molecule has 7 rings (SSSR count). The van der Waals surface area contributed by atoms with E-state index in [0.717, 1.165) is 15.7 Å². The first-order valence-corrected chi connectivity index (χ1v) is 13.8. The van der Waals surface area contributed by atoms with E-state index in [2.05, 4.69) is 21.2 Å². The number of benzene rings is 4. The molecule has 196 valence electrons. The summed E-state index contributed by atoms with van der Waals surface area (Å²) < 4.78 is 14.7. The van der Waals surface area contributed by atoms with Gasteiger partial charge in [0.05, 0.1) is 12.0 Å². The Bertz CT molecular complexity index is 1730. The third-order valence-corrected chi connectivity index (χ3v) is 8.86. The van der Waals surface area contributed by atoms with Crippen LogP contribution in [0.15, 0.2) is 108 Å². The van der Waals surface area contributed by atoms with Gasteiger partial charge in [-0.15, -0.1) is 0 Å².